The topological polar surface area (TPSA) is 63.1 Å². The van der Waals surface area contributed by atoms with Crippen LogP contribution >= 0.6 is 11.8 Å². The number of hydrogen-bond donors (Lipinski definition) is 1. The van der Waals surface area contributed by atoms with Crippen LogP contribution in [0.2, 0.25) is 0 Å². The maximum Gasteiger partial charge on any atom is 0.238 e. The van der Waals surface area contributed by atoms with E-state index in [1.165, 1.54) is 24.6 Å². The summed E-state index contributed by atoms with van der Waals surface area (Å²) < 4.78 is 1.90. The molecule has 1 N–H and O–H groups in total. The normalized spacial score (nSPS) is 23.5. The fourth-order valence-corrected chi connectivity index (χ4v) is 4.74. The molecule has 0 radical (unpaired) electrons. The summed E-state index contributed by atoms with van der Waals surface area (Å²) in [5, 5.41) is 8.91. The fourth-order valence-electron chi connectivity index (χ4n) is 3.53. The minimum Gasteiger partial charge on any atom is -0.342 e. The number of fused-ring (bicyclic) bond motifs is 1. The molecule has 0 aliphatic carbocycles. The minimum absolute atomic E-state index is 0.0934. The smallest absolute Gasteiger partial charge is 0.238 e. The summed E-state index contributed by atoms with van der Waals surface area (Å²) in [6.07, 6.45) is 4.63. The Morgan fingerprint density at radius 2 is 1.84 bits per heavy atom. The molecular weight excluding hydrogens is 334 g/mol. The molecule has 0 saturated carbocycles. The third kappa shape index (κ3) is 3.25. The van der Waals surface area contributed by atoms with Gasteiger partial charge in [-0.1, -0.05) is 54.9 Å². The van der Waals surface area contributed by atoms with Gasteiger partial charge in [0, 0.05) is 13.1 Å². The Kier molecular flexibility index (Phi) is 4.65. The first kappa shape index (κ1) is 16.4. The van der Waals surface area contributed by atoms with E-state index in [1.54, 1.807) is 0 Å². The number of carbonyl (C=O) groups is 1. The summed E-state index contributed by atoms with van der Waals surface area (Å²) >= 11 is 1.52. The van der Waals surface area contributed by atoms with E-state index in [2.05, 4.69) is 27.8 Å². The Bertz CT molecular complexity index is 739. The van der Waals surface area contributed by atoms with Gasteiger partial charge in [-0.15, -0.1) is 10.2 Å². The summed E-state index contributed by atoms with van der Waals surface area (Å²) in [4.78, 5) is 15.4. The lowest BCUT2D eigenvalue weighted by molar-refractivity contribution is -0.131. The molecule has 2 aliphatic rings. The molecule has 4 rings (SSSR count). The maximum absolute atomic E-state index is 13.3. The van der Waals surface area contributed by atoms with Crippen LogP contribution in [0.1, 0.15) is 43.1 Å². The number of hydrogen-bond acceptors (Lipinski definition) is 5. The van der Waals surface area contributed by atoms with E-state index in [0.29, 0.717) is 0 Å². The zero-order chi connectivity index (χ0) is 17.2. The lowest BCUT2D eigenvalue weighted by atomic mass is 10.0. The van der Waals surface area contributed by atoms with Gasteiger partial charge in [-0.3, -0.25) is 4.79 Å². The van der Waals surface area contributed by atoms with Gasteiger partial charge in [-0.25, -0.2) is 4.68 Å². The van der Waals surface area contributed by atoms with Gasteiger partial charge in [0.2, 0.25) is 11.1 Å². The van der Waals surface area contributed by atoms with Crippen LogP contribution in [0.3, 0.4) is 0 Å². The zero-order valence-corrected chi connectivity index (χ0v) is 15.2. The third-order valence-electron chi connectivity index (χ3n) is 4.92. The predicted molar refractivity (Wildman–Crippen MR) is 98.0 cm³/mol. The summed E-state index contributed by atoms with van der Waals surface area (Å²) in [5.74, 6) is 1.02. The minimum atomic E-state index is -0.225. The van der Waals surface area contributed by atoms with Crippen LogP contribution in [0.5, 0.6) is 0 Å². The lowest BCUT2D eigenvalue weighted by Crippen LogP contribution is -2.46. The molecule has 0 spiro atoms. The van der Waals surface area contributed by atoms with Crippen LogP contribution in [0.25, 0.3) is 0 Å². The molecule has 2 unspecified atom stereocenters. The first-order valence-electron chi connectivity index (χ1n) is 8.93. The van der Waals surface area contributed by atoms with Crippen LogP contribution in [0.4, 0.5) is 0 Å². The van der Waals surface area contributed by atoms with Gasteiger partial charge in [-0.05, 0) is 25.3 Å². The monoisotopic (exact) mass is 357 g/mol. The van der Waals surface area contributed by atoms with Gasteiger partial charge in [0.1, 0.15) is 11.1 Å². The molecule has 1 aromatic heterocycles. The largest absolute Gasteiger partial charge is 0.342 e. The molecule has 132 valence electrons. The number of nitrogens with one attached hydrogen (secondary N) is 1. The van der Waals surface area contributed by atoms with E-state index in [-0.39, 0.29) is 17.2 Å². The van der Waals surface area contributed by atoms with Crippen LogP contribution in [-0.2, 0) is 4.79 Å². The Balaban J connectivity index is 1.66. The van der Waals surface area contributed by atoms with Gasteiger partial charge >= 0.3 is 0 Å². The molecule has 1 fully saturated rings. The van der Waals surface area contributed by atoms with Crippen LogP contribution in [-0.4, -0.2) is 44.0 Å². The second-order valence-electron chi connectivity index (χ2n) is 6.66. The average Bonchev–Trinajstić information content (AvgIpc) is 2.86. The molecule has 7 heteroatoms. The SMILES string of the molecule is Cc1nnc2n1NC(c1ccccc1)C(C(=O)N1CCCCCC1)S2. The van der Waals surface area contributed by atoms with Crippen molar-refractivity contribution < 1.29 is 4.79 Å². The third-order valence-corrected chi connectivity index (χ3v) is 6.12. The van der Waals surface area contributed by atoms with Crippen LogP contribution in [0, 0.1) is 6.92 Å². The Morgan fingerprint density at radius 1 is 1.12 bits per heavy atom. The second kappa shape index (κ2) is 7.07. The van der Waals surface area contributed by atoms with Crippen molar-refractivity contribution >= 4 is 17.7 Å². The zero-order valence-electron chi connectivity index (χ0n) is 14.4. The molecule has 6 nitrogen and oxygen atoms in total. The van der Waals surface area contributed by atoms with E-state index >= 15 is 0 Å². The molecule has 25 heavy (non-hydrogen) atoms. The Hall–Kier alpha value is -2.02. The summed E-state index contributed by atoms with van der Waals surface area (Å²) in [5.41, 5.74) is 4.58. The average molecular weight is 357 g/mol. The number of nitrogens with zero attached hydrogens (tertiary/aromatic N) is 4. The lowest BCUT2D eigenvalue weighted by Gasteiger charge is -2.35. The first-order chi connectivity index (χ1) is 12.2. The van der Waals surface area contributed by atoms with Gasteiger partial charge in [0.05, 0.1) is 6.04 Å². The molecule has 2 aromatic rings. The van der Waals surface area contributed by atoms with Crippen LogP contribution < -0.4 is 5.43 Å². The highest BCUT2D eigenvalue weighted by molar-refractivity contribution is 8.00. The van der Waals surface area contributed by atoms with E-state index in [1.807, 2.05) is 34.7 Å². The second-order valence-corrected chi connectivity index (χ2v) is 7.77. The Morgan fingerprint density at radius 3 is 2.56 bits per heavy atom. The number of aryl methyl sites for hydroxylation is 1. The number of aromatic nitrogens is 3. The van der Waals surface area contributed by atoms with Gasteiger partial charge in [0.25, 0.3) is 0 Å². The van der Waals surface area contributed by atoms with E-state index < -0.39 is 0 Å². The Labute approximate surface area is 152 Å². The number of rotatable bonds is 2. The standard InChI is InChI=1S/C18H23N5OS/c1-13-19-20-18-23(13)21-15(14-9-5-4-6-10-14)16(25-18)17(24)22-11-7-2-3-8-12-22/h4-6,9-10,15-16,21H,2-3,7-8,11-12H2,1H3. The van der Waals surface area contributed by atoms with Crippen LogP contribution in [0.15, 0.2) is 35.5 Å². The maximum atomic E-state index is 13.3. The molecule has 0 bridgehead atoms. The highest BCUT2D eigenvalue weighted by Gasteiger charge is 2.39. The van der Waals surface area contributed by atoms with Crippen molar-refractivity contribution in [2.24, 2.45) is 0 Å². The molecule has 1 aromatic carbocycles. The number of carbonyl (C=O) groups excluding carboxylic acids is 1. The summed E-state index contributed by atoms with van der Waals surface area (Å²) in [6, 6.07) is 10.1. The molecule has 1 saturated heterocycles. The van der Waals surface area contributed by atoms with E-state index in [4.69, 9.17) is 0 Å². The predicted octanol–water partition coefficient (Wildman–Crippen LogP) is 2.75. The number of likely N-dealkylation sites (tertiary alicyclic amines) is 1. The van der Waals surface area contributed by atoms with E-state index in [0.717, 1.165) is 42.5 Å². The highest BCUT2D eigenvalue weighted by atomic mass is 32.2. The van der Waals surface area contributed by atoms with Crippen molar-refractivity contribution in [1.82, 2.24) is 19.8 Å². The molecular formula is C18H23N5OS. The van der Waals surface area contributed by atoms with E-state index in [9.17, 15) is 4.79 Å². The van der Waals surface area contributed by atoms with Crippen molar-refractivity contribution in [3.8, 4) is 0 Å². The summed E-state index contributed by atoms with van der Waals surface area (Å²) in [7, 11) is 0. The van der Waals surface area contributed by atoms with Crippen molar-refractivity contribution in [1.29, 1.82) is 0 Å². The molecule has 1 amide bonds. The molecule has 2 atom stereocenters. The highest BCUT2D eigenvalue weighted by Crippen LogP contribution is 2.38. The quantitative estimate of drug-likeness (QED) is 0.895. The number of thioether (sulfide) groups is 1. The summed E-state index contributed by atoms with van der Waals surface area (Å²) in [6.45, 7) is 3.65. The van der Waals surface area contributed by atoms with Gasteiger partial charge < -0.3 is 10.3 Å². The molecule has 2 aliphatic heterocycles. The van der Waals surface area contributed by atoms with Crippen molar-refractivity contribution in [2.75, 3.05) is 18.5 Å². The fraction of sp³-hybridized carbons (Fsp3) is 0.500. The van der Waals surface area contributed by atoms with Gasteiger partial charge in [0.15, 0.2) is 0 Å². The van der Waals surface area contributed by atoms with Gasteiger partial charge in [-0.2, -0.15) is 0 Å². The number of amides is 1. The van der Waals surface area contributed by atoms with Crippen molar-refractivity contribution in [3.63, 3.8) is 0 Å². The number of benzene rings is 1. The molecule has 3 heterocycles. The first-order valence-corrected chi connectivity index (χ1v) is 9.81. The van der Waals surface area contributed by atoms with Crippen molar-refractivity contribution in [3.05, 3.63) is 41.7 Å². The van der Waals surface area contributed by atoms with Crippen molar-refractivity contribution in [2.45, 2.75) is 49.1 Å².